The molecule has 0 aliphatic carbocycles. The predicted octanol–water partition coefficient (Wildman–Crippen LogP) is 3.56. The van der Waals surface area contributed by atoms with Gasteiger partial charge in [-0.15, -0.1) is 0 Å². The molecule has 2 aromatic rings. The van der Waals surface area contributed by atoms with Crippen molar-refractivity contribution in [2.45, 2.75) is 39.7 Å². The molecule has 1 atom stereocenters. The number of nitrogens with one attached hydrogen (secondary N) is 1. The van der Waals surface area contributed by atoms with Crippen LogP contribution >= 0.6 is 0 Å². The van der Waals surface area contributed by atoms with Crippen molar-refractivity contribution in [1.29, 1.82) is 0 Å². The van der Waals surface area contributed by atoms with E-state index in [1.165, 1.54) is 16.7 Å². The molecule has 1 aromatic carbocycles. The SMILES string of the molecule is CCCNC(Cc1ccccc1C)c1c(C)ccnc1N. The number of nitrogens with zero attached hydrogens (tertiary/aromatic N) is 1. The van der Waals surface area contributed by atoms with Gasteiger partial charge < -0.3 is 11.1 Å². The lowest BCUT2D eigenvalue weighted by atomic mass is 9.94. The van der Waals surface area contributed by atoms with Crippen molar-refractivity contribution in [1.82, 2.24) is 10.3 Å². The number of hydrogen-bond acceptors (Lipinski definition) is 3. The lowest BCUT2D eigenvalue weighted by molar-refractivity contribution is 0.526. The maximum absolute atomic E-state index is 6.13. The topological polar surface area (TPSA) is 50.9 Å². The fourth-order valence-electron chi connectivity index (χ4n) is 2.70. The average Bonchev–Trinajstić information content (AvgIpc) is 2.46. The maximum Gasteiger partial charge on any atom is 0.128 e. The van der Waals surface area contributed by atoms with Gasteiger partial charge in [0.15, 0.2) is 0 Å². The molecular weight excluding hydrogens is 258 g/mol. The number of nitrogen functional groups attached to an aromatic ring is 1. The first-order chi connectivity index (χ1) is 10.1. The van der Waals surface area contributed by atoms with Crippen LogP contribution in [-0.2, 0) is 6.42 Å². The zero-order valence-corrected chi connectivity index (χ0v) is 13.2. The van der Waals surface area contributed by atoms with Crippen LogP contribution < -0.4 is 11.1 Å². The summed E-state index contributed by atoms with van der Waals surface area (Å²) in [6.45, 7) is 7.42. The molecule has 0 saturated carbocycles. The lowest BCUT2D eigenvalue weighted by Crippen LogP contribution is -2.26. The Labute approximate surface area is 127 Å². The quantitative estimate of drug-likeness (QED) is 0.852. The van der Waals surface area contributed by atoms with Gasteiger partial charge in [-0.05, 0) is 56.0 Å². The van der Waals surface area contributed by atoms with E-state index in [1.807, 2.05) is 6.07 Å². The highest BCUT2D eigenvalue weighted by molar-refractivity contribution is 5.47. The molecule has 2 rings (SSSR count). The summed E-state index contributed by atoms with van der Waals surface area (Å²) in [5.41, 5.74) is 11.1. The highest BCUT2D eigenvalue weighted by atomic mass is 14.9. The third-order valence-electron chi connectivity index (χ3n) is 3.91. The summed E-state index contributed by atoms with van der Waals surface area (Å²) in [7, 11) is 0. The lowest BCUT2D eigenvalue weighted by Gasteiger charge is -2.23. The van der Waals surface area contributed by atoms with Crippen molar-refractivity contribution >= 4 is 5.82 Å². The van der Waals surface area contributed by atoms with E-state index in [-0.39, 0.29) is 6.04 Å². The van der Waals surface area contributed by atoms with E-state index in [0.29, 0.717) is 5.82 Å². The third-order valence-corrected chi connectivity index (χ3v) is 3.91. The largest absolute Gasteiger partial charge is 0.383 e. The summed E-state index contributed by atoms with van der Waals surface area (Å²) < 4.78 is 0. The fourth-order valence-corrected chi connectivity index (χ4v) is 2.70. The van der Waals surface area contributed by atoms with Crippen molar-refractivity contribution in [3.8, 4) is 0 Å². The Morgan fingerprint density at radius 2 is 1.90 bits per heavy atom. The van der Waals surface area contributed by atoms with E-state index in [4.69, 9.17) is 5.73 Å². The van der Waals surface area contributed by atoms with Gasteiger partial charge in [-0.2, -0.15) is 0 Å². The summed E-state index contributed by atoms with van der Waals surface area (Å²) in [4.78, 5) is 4.27. The van der Waals surface area contributed by atoms with Crippen molar-refractivity contribution in [2.24, 2.45) is 0 Å². The van der Waals surface area contributed by atoms with Crippen LogP contribution in [0.25, 0.3) is 0 Å². The number of nitrogens with two attached hydrogens (primary N) is 1. The van der Waals surface area contributed by atoms with Crippen LogP contribution in [0.2, 0.25) is 0 Å². The Morgan fingerprint density at radius 1 is 1.14 bits per heavy atom. The molecule has 1 heterocycles. The van der Waals surface area contributed by atoms with Gasteiger partial charge in [0.2, 0.25) is 0 Å². The first-order valence-corrected chi connectivity index (χ1v) is 7.62. The Kier molecular flexibility index (Phi) is 5.34. The van der Waals surface area contributed by atoms with E-state index in [1.54, 1.807) is 6.20 Å². The molecule has 0 bridgehead atoms. The van der Waals surface area contributed by atoms with E-state index in [2.05, 4.69) is 55.3 Å². The molecule has 3 N–H and O–H groups in total. The van der Waals surface area contributed by atoms with Crippen LogP contribution in [0, 0.1) is 13.8 Å². The molecule has 0 aliphatic rings. The molecule has 1 aromatic heterocycles. The fraction of sp³-hybridized carbons (Fsp3) is 0.389. The molecule has 1 unspecified atom stereocenters. The highest BCUT2D eigenvalue weighted by Crippen LogP contribution is 2.26. The summed E-state index contributed by atoms with van der Waals surface area (Å²) in [6, 6.07) is 10.8. The van der Waals surface area contributed by atoms with Gasteiger partial charge in [0.1, 0.15) is 5.82 Å². The van der Waals surface area contributed by atoms with Crippen LogP contribution in [0.3, 0.4) is 0 Å². The van der Waals surface area contributed by atoms with Crippen molar-refractivity contribution in [3.05, 3.63) is 58.8 Å². The van der Waals surface area contributed by atoms with Crippen LogP contribution in [0.1, 0.15) is 41.6 Å². The standard InChI is InChI=1S/C18H25N3/c1-4-10-20-16(12-15-8-6-5-7-13(15)2)17-14(3)9-11-21-18(17)19/h5-9,11,16,20H,4,10,12H2,1-3H3,(H2,19,21). The summed E-state index contributed by atoms with van der Waals surface area (Å²) in [5.74, 6) is 0.636. The zero-order chi connectivity index (χ0) is 15.2. The zero-order valence-electron chi connectivity index (χ0n) is 13.2. The maximum atomic E-state index is 6.13. The van der Waals surface area contributed by atoms with Crippen molar-refractivity contribution in [2.75, 3.05) is 12.3 Å². The molecule has 0 spiro atoms. The molecule has 112 valence electrons. The molecule has 3 heteroatoms. The molecule has 3 nitrogen and oxygen atoms in total. The molecule has 0 aliphatic heterocycles. The number of anilines is 1. The number of rotatable bonds is 6. The highest BCUT2D eigenvalue weighted by Gasteiger charge is 2.18. The molecule has 0 radical (unpaired) electrons. The van der Waals surface area contributed by atoms with Gasteiger partial charge in [0.25, 0.3) is 0 Å². The Hall–Kier alpha value is -1.87. The van der Waals surface area contributed by atoms with Crippen LogP contribution in [0.4, 0.5) is 5.82 Å². The Balaban J connectivity index is 2.32. The van der Waals surface area contributed by atoms with Gasteiger partial charge in [-0.1, -0.05) is 31.2 Å². The van der Waals surface area contributed by atoms with E-state index in [9.17, 15) is 0 Å². The number of aromatic nitrogens is 1. The second-order valence-electron chi connectivity index (χ2n) is 5.56. The molecule has 0 saturated heterocycles. The minimum Gasteiger partial charge on any atom is -0.383 e. The van der Waals surface area contributed by atoms with E-state index in [0.717, 1.165) is 24.9 Å². The molecule has 0 amide bonds. The summed E-state index contributed by atoms with van der Waals surface area (Å²) in [6.07, 6.45) is 3.81. The number of aryl methyl sites for hydroxylation is 2. The second kappa shape index (κ2) is 7.23. The molecule has 0 fully saturated rings. The van der Waals surface area contributed by atoms with Crippen LogP contribution in [0.5, 0.6) is 0 Å². The third kappa shape index (κ3) is 3.82. The van der Waals surface area contributed by atoms with Gasteiger partial charge in [0.05, 0.1) is 0 Å². The summed E-state index contributed by atoms with van der Waals surface area (Å²) >= 11 is 0. The smallest absolute Gasteiger partial charge is 0.128 e. The first-order valence-electron chi connectivity index (χ1n) is 7.62. The van der Waals surface area contributed by atoms with Crippen LogP contribution in [0.15, 0.2) is 36.5 Å². The molecule has 21 heavy (non-hydrogen) atoms. The van der Waals surface area contributed by atoms with Crippen LogP contribution in [-0.4, -0.2) is 11.5 Å². The Bertz CT molecular complexity index is 573. The minimum absolute atomic E-state index is 0.208. The summed E-state index contributed by atoms with van der Waals surface area (Å²) in [5, 5.41) is 3.62. The van der Waals surface area contributed by atoms with Gasteiger partial charge in [0, 0.05) is 17.8 Å². The Morgan fingerprint density at radius 3 is 2.57 bits per heavy atom. The van der Waals surface area contributed by atoms with Crippen molar-refractivity contribution in [3.63, 3.8) is 0 Å². The van der Waals surface area contributed by atoms with Crippen molar-refractivity contribution < 1.29 is 0 Å². The van der Waals surface area contributed by atoms with E-state index >= 15 is 0 Å². The number of pyridine rings is 1. The molecular formula is C18H25N3. The number of benzene rings is 1. The second-order valence-corrected chi connectivity index (χ2v) is 5.56. The minimum atomic E-state index is 0.208. The predicted molar refractivity (Wildman–Crippen MR) is 89.3 cm³/mol. The van der Waals surface area contributed by atoms with Gasteiger partial charge >= 0.3 is 0 Å². The monoisotopic (exact) mass is 283 g/mol. The van der Waals surface area contributed by atoms with E-state index < -0.39 is 0 Å². The van der Waals surface area contributed by atoms with Gasteiger partial charge in [-0.3, -0.25) is 0 Å². The number of hydrogen-bond donors (Lipinski definition) is 2. The normalized spacial score (nSPS) is 12.3. The average molecular weight is 283 g/mol. The first kappa shape index (κ1) is 15.5. The van der Waals surface area contributed by atoms with Gasteiger partial charge in [-0.25, -0.2) is 4.98 Å².